The molecule has 6 nitrogen and oxygen atoms in total. The summed E-state index contributed by atoms with van der Waals surface area (Å²) >= 11 is 0. The van der Waals surface area contributed by atoms with Gasteiger partial charge in [-0.2, -0.15) is 0 Å². The maximum absolute atomic E-state index is 13.4. The second-order valence-electron chi connectivity index (χ2n) is 4.80. The monoisotopic (exact) mass is 303 g/mol. The van der Waals surface area contributed by atoms with Crippen LogP contribution in [0.3, 0.4) is 0 Å². The Kier molecular flexibility index (Phi) is 4.36. The number of nitrogens with two attached hydrogens (primary N) is 1. The van der Waals surface area contributed by atoms with Crippen LogP contribution >= 0.6 is 0 Å². The summed E-state index contributed by atoms with van der Waals surface area (Å²) in [7, 11) is 0. The summed E-state index contributed by atoms with van der Waals surface area (Å²) in [6, 6.07) is 8.46. The van der Waals surface area contributed by atoms with Crippen molar-refractivity contribution in [2.75, 3.05) is 5.73 Å². The van der Waals surface area contributed by atoms with Crippen LogP contribution < -0.4 is 11.1 Å². The Morgan fingerprint density at radius 2 is 2.05 bits per heavy atom. The van der Waals surface area contributed by atoms with Gasteiger partial charge in [-0.3, -0.25) is 14.9 Å². The van der Waals surface area contributed by atoms with Gasteiger partial charge < -0.3 is 11.1 Å². The van der Waals surface area contributed by atoms with Crippen LogP contribution in [0.2, 0.25) is 0 Å². The first-order valence-corrected chi connectivity index (χ1v) is 6.45. The summed E-state index contributed by atoms with van der Waals surface area (Å²) in [5.41, 5.74) is 6.37. The van der Waals surface area contributed by atoms with Gasteiger partial charge in [0, 0.05) is 18.2 Å². The number of carbonyl (C=O) groups excluding carboxylic acids is 1. The van der Waals surface area contributed by atoms with Gasteiger partial charge in [-0.05, 0) is 36.2 Å². The molecule has 0 aliphatic heterocycles. The van der Waals surface area contributed by atoms with Gasteiger partial charge in [0.25, 0.3) is 11.6 Å². The number of nitrogen functional groups attached to an aromatic ring is 1. The molecule has 1 amide bonds. The predicted molar refractivity (Wildman–Crippen MR) is 79.8 cm³/mol. The van der Waals surface area contributed by atoms with Gasteiger partial charge in [0.15, 0.2) is 0 Å². The van der Waals surface area contributed by atoms with Crippen LogP contribution in [0.15, 0.2) is 36.4 Å². The van der Waals surface area contributed by atoms with Crippen LogP contribution in [0, 0.1) is 22.9 Å². The number of rotatable bonds is 4. The Balaban J connectivity index is 2.10. The van der Waals surface area contributed by atoms with Crippen molar-refractivity contribution in [2.45, 2.75) is 13.5 Å². The van der Waals surface area contributed by atoms with Gasteiger partial charge in [-0.1, -0.05) is 12.1 Å². The fraction of sp³-hybridized carbons (Fsp3) is 0.133. The van der Waals surface area contributed by atoms with Crippen LogP contribution in [0.25, 0.3) is 0 Å². The lowest BCUT2D eigenvalue weighted by atomic mass is 10.1. The summed E-state index contributed by atoms with van der Waals surface area (Å²) in [4.78, 5) is 22.1. The van der Waals surface area contributed by atoms with E-state index in [-0.39, 0.29) is 29.3 Å². The van der Waals surface area contributed by atoms with Gasteiger partial charge in [-0.25, -0.2) is 4.39 Å². The zero-order valence-corrected chi connectivity index (χ0v) is 11.8. The standard InChI is InChI=1S/C15H14FN3O3/c1-9-2-3-10(6-12(9)16)8-18-15(20)11-4-5-13(17)14(7-11)19(21)22/h2-7H,8,17H2,1H3,(H,18,20). The summed E-state index contributed by atoms with van der Waals surface area (Å²) in [6.45, 7) is 1.76. The number of hydrogen-bond donors (Lipinski definition) is 2. The minimum atomic E-state index is -0.651. The average molecular weight is 303 g/mol. The van der Waals surface area contributed by atoms with Gasteiger partial charge in [0.2, 0.25) is 0 Å². The molecule has 0 heterocycles. The highest BCUT2D eigenvalue weighted by atomic mass is 19.1. The maximum atomic E-state index is 13.4. The molecule has 2 aromatic carbocycles. The molecule has 0 spiro atoms. The molecule has 7 heteroatoms. The molecular weight excluding hydrogens is 289 g/mol. The van der Waals surface area contributed by atoms with Crippen molar-refractivity contribution in [1.82, 2.24) is 5.32 Å². The molecule has 2 rings (SSSR count). The Labute approximate surface area is 125 Å². The number of nitrogens with zero attached hydrogens (tertiary/aromatic N) is 1. The summed E-state index contributed by atoms with van der Waals surface area (Å²) in [5.74, 6) is -0.848. The van der Waals surface area contributed by atoms with Crippen molar-refractivity contribution in [3.05, 3.63) is 69.0 Å². The molecule has 0 aromatic heterocycles. The molecule has 3 N–H and O–H groups in total. The molecule has 2 aromatic rings. The van der Waals surface area contributed by atoms with Crippen LogP contribution in [-0.2, 0) is 6.54 Å². The topological polar surface area (TPSA) is 98.3 Å². The first-order chi connectivity index (χ1) is 10.4. The molecule has 0 radical (unpaired) electrons. The van der Waals surface area contributed by atoms with Crippen LogP contribution in [0.4, 0.5) is 15.8 Å². The highest BCUT2D eigenvalue weighted by Crippen LogP contribution is 2.22. The van der Waals surface area contributed by atoms with Gasteiger partial charge >= 0.3 is 0 Å². The third-order valence-electron chi connectivity index (χ3n) is 3.18. The van der Waals surface area contributed by atoms with E-state index in [1.165, 1.54) is 18.2 Å². The zero-order valence-electron chi connectivity index (χ0n) is 11.8. The minimum absolute atomic E-state index is 0.0119. The van der Waals surface area contributed by atoms with E-state index < -0.39 is 10.8 Å². The van der Waals surface area contributed by atoms with E-state index >= 15 is 0 Å². The van der Waals surface area contributed by atoms with Crippen molar-refractivity contribution in [3.8, 4) is 0 Å². The van der Waals surface area contributed by atoms with Crippen molar-refractivity contribution < 1.29 is 14.1 Å². The lowest BCUT2D eigenvalue weighted by molar-refractivity contribution is -0.383. The van der Waals surface area contributed by atoms with E-state index in [1.807, 2.05) is 0 Å². The Morgan fingerprint density at radius 3 is 2.68 bits per heavy atom. The Morgan fingerprint density at radius 1 is 1.32 bits per heavy atom. The summed E-state index contributed by atoms with van der Waals surface area (Å²) in [5, 5.41) is 13.4. The molecular formula is C15H14FN3O3. The highest BCUT2D eigenvalue weighted by Gasteiger charge is 2.15. The van der Waals surface area contributed by atoms with E-state index in [2.05, 4.69) is 5.32 Å². The normalized spacial score (nSPS) is 10.3. The molecule has 0 saturated carbocycles. The number of hydrogen-bond acceptors (Lipinski definition) is 4. The smallest absolute Gasteiger partial charge is 0.292 e. The summed E-state index contributed by atoms with van der Waals surface area (Å²) < 4.78 is 13.4. The number of nitro benzene ring substituents is 1. The molecule has 0 fully saturated rings. The third kappa shape index (κ3) is 3.38. The van der Waals surface area contributed by atoms with Crippen LogP contribution in [0.1, 0.15) is 21.5 Å². The Bertz CT molecular complexity index is 747. The number of nitro groups is 1. The quantitative estimate of drug-likeness (QED) is 0.515. The number of halogens is 1. The number of nitrogens with one attached hydrogen (secondary N) is 1. The molecule has 0 aliphatic rings. The molecule has 0 atom stereocenters. The molecule has 22 heavy (non-hydrogen) atoms. The zero-order chi connectivity index (χ0) is 16.3. The van der Waals surface area contributed by atoms with Crippen molar-refractivity contribution in [1.29, 1.82) is 0 Å². The molecule has 0 aliphatic carbocycles. The SMILES string of the molecule is Cc1ccc(CNC(=O)c2ccc(N)c([N+](=O)[O-])c2)cc1F. The number of carbonyl (C=O) groups is 1. The molecule has 0 bridgehead atoms. The average Bonchev–Trinajstić information content (AvgIpc) is 2.48. The second-order valence-corrected chi connectivity index (χ2v) is 4.80. The highest BCUT2D eigenvalue weighted by molar-refractivity contribution is 5.95. The maximum Gasteiger partial charge on any atom is 0.292 e. The van der Waals surface area contributed by atoms with Gasteiger partial charge in [0.1, 0.15) is 11.5 Å². The number of benzene rings is 2. The molecule has 114 valence electrons. The van der Waals surface area contributed by atoms with E-state index in [1.54, 1.807) is 19.1 Å². The number of amides is 1. The van der Waals surface area contributed by atoms with E-state index in [0.29, 0.717) is 11.1 Å². The number of anilines is 1. The van der Waals surface area contributed by atoms with Crippen molar-refractivity contribution in [2.24, 2.45) is 0 Å². The lowest BCUT2D eigenvalue weighted by Gasteiger charge is -2.07. The summed E-state index contributed by atoms with van der Waals surface area (Å²) in [6.07, 6.45) is 0. The van der Waals surface area contributed by atoms with Crippen LogP contribution in [0.5, 0.6) is 0 Å². The minimum Gasteiger partial charge on any atom is -0.393 e. The van der Waals surface area contributed by atoms with Gasteiger partial charge in [0.05, 0.1) is 4.92 Å². The largest absolute Gasteiger partial charge is 0.393 e. The molecule has 0 saturated heterocycles. The van der Waals surface area contributed by atoms with Crippen LogP contribution in [-0.4, -0.2) is 10.8 Å². The third-order valence-corrected chi connectivity index (χ3v) is 3.18. The van der Waals surface area contributed by atoms with E-state index in [0.717, 1.165) is 6.07 Å². The Hall–Kier alpha value is -2.96. The molecule has 0 unspecified atom stereocenters. The van der Waals surface area contributed by atoms with Gasteiger partial charge in [-0.15, -0.1) is 0 Å². The first-order valence-electron chi connectivity index (χ1n) is 6.45. The fourth-order valence-corrected chi connectivity index (χ4v) is 1.87. The lowest BCUT2D eigenvalue weighted by Crippen LogP contribution is -2.23. The van der Waals surface area contributed by atoms with E-state index in [4.69, 9.17) is 5.73 Å². The predicted octanol–water partition coefficient (Wildman–Crippen LogP) is 2.55. The van der Waals surface area contributed by atoms with Crippen molar-refractivity contribution in [3.63, 3.8) is 0 Å². The first kappa shape index (κ1) is 15.4. The van der Waals surface area contributed by atoms with E-state index in [9.17, 15) is 19.3 Å². The van der Waals surface area contributed by atoms with Crippen molar-refractivity contribution >= 4 is 17.3 Å². The number of aryl methyl sites for hydroxylation is 1. The second kappa shape index (κ2) is 6.21. The fourth-order valence-electron chi connectivity index (χ4n) is 1.87.